The van der Waals surface area contributed by atoms with Crippen LogP contribution in [0.3, 0.4) is 0 Å². The van der Waals surface area contributed by atoms with Crippen molar-refractivity contribution in [3.05, 3.63) is 59.7 Å². The molecule has 0 aromatic heterocycles. The van der Waals surface area contributed by atoms with Crippen LogP contribution in [0.2, 0.25) is 0 Å². The van der Waals surface area contributed by atoms with Crippen LogP contribution in [0.25, 0.3) is 11.1 Å². The summed E-state index contributed by atoms with van der Waals surface area (Å²) in [6.45, 7) is 2.72. The molecule has 2 aromatic carbocycles. The third-order valence-corrected chi connectivity index (χ3v) is 2.67. The maximum atomic E-state index is 5.64. The van der Waals surface area contributed by atoms with Crippen LogP contribution in [0.15, 0.2) is 48.5 Å². The zero-order valence-corrected chi connectivity index (χ0v) is 8.90. The second kappa shape index (κ2) is 4.28. The molecule has 0 fully saturated rings. The standard InChI is InChI=1S/C14H15N/c1-11-9-13(7-8-14(11)10-15)12-5-3-2-4-6-12/h2-9H,10,15H2,1H3. The van der Waals surface area contributed by atoms with Gasteiger partial charge in [0.05, 0.1) is 0 Å². The minimum absolute atomic E-state index is 0.612. The quantitative estimate of drug-likeness (QED) is 0.786. The molecule has 0 saturated carbocycles. The van der Waals surface area contributed by atoms with E-state index in [9.17, 15) is 0 Å². The van der Waals surface area contributed by atoms with Crippen molar-refractivity contribution in [1.29, 1.82) is 0 Å². The molecule has 0 amide bonds. The molecular weight excluding hydrogens is 182 g/mol. The molecule has 0 aliphatic heterocycles. The zero-order chi connectivity index (χ0) is 10.7. The zero-order valence-electron chi connectivity index (χ0n) is 8.90. The Morgan fingerprint density at radius 2 is 1.67 bits per heavy atom. The van der Waals surface area contributed by atoms with Crippen molar-refractivity contribution >= 4 is 0 Å². The van der Waals surface area contributed by atoms with Gasteiger partial charge in [-0.1, -0.05) is 48.5 Å². The molecule has 0 bridgehead atoms. The molecule has 0 unspecified atom stereocenters. The van der Waals surface area contributed by atoms with E-state index in [1.807, 2.05) is 6.07 Å². The van der Waals surface area contributed by atoms with Gasteiger partial charge in [0.15, 0.2) is 0 Å². The van der Waals surface area contributed by atoms with Crippen molar-refractivity contribution in [2.45, 2.75) is 13.5 Å². The summed E-state index contributed by atoms with van der Waals surface area (Å²) in [6.07, 6.45) is 0. The minimum Gasteiger partial charge on any atom is -0.326 e. The van der Waals surface area contributed by atoms with E-state index in [1.165, 1.54) is 22.3 Å². The molecule has 1 heteroatoms. The summed E-state index contributed by atoms with van der Waals surface area (Å²) in [5.41, 5.74) is 10.6. The average Bonchev–Trinajstić information content (AvgIpc) is 2.30. The Morgan fingerprint density at radius 1 is 0.933 bits per heavy atom. The van der Waals surface area contributed by atoms with Crippen molar-refractivity contribution in [3.8, 4) is 11.1 Å². The molecule has 1 nitrogen and oxygen atoms in total. The first kappa shape index (κ1) is 9.94. The van der Waals surface area contributed by atoms with Crippen molar-refractivity contribution in [2.24, 2.45) is 5.73 Å². The van der Waals surface area contributed by atoms with Crippen molar-refractivity contribution in [3.63, 3.8) is 0 Å². The van der Waals surface area contributed by atoms with E-state index in [4.69, 9.17) is 5.73 Å². The van der Waals surface area contributed by atoms with Gasteiger partial charge < -0.3 is 5.73 Å². The topological polar surface area (TPSA) is 26.0 Å². The smallest absolute Gasteiger partial charge is 0.0180 e. The van der Waals surface area contributed by atoms with Crippen molar-refractivity contribution in [1.82, 2.24) is 0 Å². The summed E-state index contributed by atoms with van der Waals surface area (Å²) in [4.78, 5) is 0. The Balaban J connectivity index is 2.43. The van der Waals surface area contributed by atoms with E-state index in [0.29, 0.717) is 6.54 Å². The normalized spacial score (nSPS) is 10.3. The lowest BCUT2D eigenvalue weighted by molar-refractivity contribution is 1.05. The van der Waals surface area contributed by atoms with Crippen LogP contribution in [0.5, 0.6) is 0 Å². The molecule has 0 atom stereocenters. The molecule has 2 rings (SSSR count). The molecule has 76 valence electrons. The summed E-state index contributed by atoms with van der Waals surface area (Å²) in [6, 6.07) is 16.8. The first-order valence-electron chi connectivity index (χ1n) is 5.16. The Kier molecular flexibility index (Phi) is 2.84. The fourth-order valence-corrected chi connectivity index (χ4v) is 1.74. The predicted molar refractivity (Wildman–Crippen MR) is 64.5 cm³/mol. The van der Waals surface area contributed by atoms with Gasteiger partial charge in [-0.3, -0.25) is 0 Å². The number of hydrogen-bond acceptors (Lipinski definition) is 1. The number of hydrogen-bond donors (Lipinski definition) is 1. The number of rotatable bonds is 2. The Morgan fingerprint density at radius 3 is 2.27 bits per heavy atom. The van der Waals surface area contributed by atoms with E-state index in [2.05, 4.69) is 49.4 Å². The lowest BCUT2D eigenvalue weighted by Gasteiger charge is -2.06. The molecule has 0 saturated heterocycles. The van der Waals surface area contributed by atoms with Gasteiger partial charge in [-0.15, -0.1) is 0 Å². The van der Waals surface area contributed by atoms with Crippen LogP contribution in [-0.2, 0) is 6.54 Å². The van der Waals surface area contributed by atoms with Crippen LogP contribution in [0.4, 0.5) is 0 Å². The highest BCUT2D eigenvalue weighted by atomic mass is 14.5. The Labute approximate surface area is 90.6 Å². The van der Waals surface area contributed by atoms with Crippen LogP contribution in [0, 0.1) is 6.92 Å². The maximum Gasteiger partial charge on any atom is 0.0180 e. The molecule has 0 aliphatic rings. The summed E-state index contributed by atoms with van der Waals surface area (Å²) in [5.74, 6) is 0. The van der Waals surface area contributed by atoms with E-state index < -0.39 is 0 Å². The van der Waals surface area contributed by atoms with E-state index in [-0.39, 0.29) is 0 Å². The lowest BCUT2D eigenvalue weighted by atomic mass is 10.00. The average molecular weight is 197 g/mol. The highest BCUT2D eigenvalue weighted by Crippen LogP contribution is 2.21. The minimum atomic E-state index is 0.612. The highest BCUT2D eigenvalue weighted by molar-refractivity contribution is 5.64. The van der Waals surface area contributed by atoms with E-state index >= 15 is 0 Å². The molecular formula is C14H15N. The van der Waals surface area contributed by atoms with Crippen LogP contribution in [0.1, 0.15) is 11.1 Å². The largest absolute Gasteiger partial charge is 0.326 e. The van der Waals surface area contributed by atoms with Crippen LogP contribution >= 0.6 is 0 Å². The Bertz CT molecular complexity index is 446. The molecule has 2 aromatic rings. The highest BCUT2D eigenvalue weighted by Gasteiger charge is 2.00. The molecule has 0 spiro atoms. The molecule has 15 heavy (non-hydrogen) atoms. The SMILES string of the molecule is Cc1cc(-c2ccccc2)ccc1CN. The van der Waals surface area contributed by atoms with Crippen LogP contribution in [-0.4, -0.2) is 0 Å². The van der Waals surface area contributed by atoms with Crippen LogP contribution < -0.4 is 5.73 Å². The van der Waals surface area contributed by atoms with E-state index in [1.54, 1.807) is 0 Å². The predicted octanol–water partition coefficient (Wildman–Crippen LogP) is 3.12. The van der Waals surface area contributed by atoms with Gasteiger partial charge in [-0.25, -0.2) is 0 Å². The third kappa shape index (κ3) is 2.08. The molecule has 0 radical (unpaired) electrons. The molecule has 0 heterocycles. The van der Waals surface area contributed by atoms with E-state index in [0.717, 1.165) is 0 Å². The summed E-state index contributed by atoms with van der Waals surface area (Å²) < 4.78 is 0. The molecule has 2 N–H and O–H groups in total. The van der Waals surface area contributed by atoms with Gasteiger partial charge in [-0.05, 0) is 29.2 Å². The second-order valence-corrected chi connectivity index (χ2v) is 3.71. The number of benzene rings is 2. The van der Waals surface area contributed by atoms with Crippen molar-refractivity contribution in [2.75, 3.05) is 0 Å². The van der Waals surface area contributed by atoms with Gasteiger partial charge in [0.25, 0.3) is 0 Å². The second-order valence-electron chi connectivity index (χ2n) is 3.71. The monoisotopic (exact) mass is 197 g/mol. The van der Waals surface area contributed by atoms with Gasteiger partial charge in [0, 0.05) is 6.54 Å². The number of nitrogens with two attached hydrogens (primary N) is 1. The summed E-state index contributed by atoms with van der Waals surface area (Å²) in [7, 11) is 0. The Hall–Kier alpha value is -1.60. The fourth-order valence-electron chi connectivity index (χ4n) is 1.74. The lowest BCUT2D eigenvalue weighted by Crippen LogP contribution is -1.98. The van der Waals surface area contributed by atoms with Gasteiger partial charge >= 0.3 is 0 Å². The van der Waals surface area contributed by atoms with Gasteiger partial charge in [0.1, 0.15) is 0 Å². The number of aryl methyl sites for hydroxylation is 1. The first-order valence-corrected chi connectivity index (χ1v) is 5.16. The van der Waals surface area contributed by atoms with Gasteiger partial charge in [0.2, 0.25) is 0 Å². The fraction of sp³-hybridized carbons (Fsp3) is 0.143. The van der Waals surface area contributed by atoms with Crippen molar-refractivity contribution < 1.29 is 0 Å². The first-order chi connectivity index (χ1) is 7.31. The third-order valence-electron chi connectivity index (χ3n) is 2.67. The summed E-state index contributed by atoms with van der Waals surface area (Å²) in [5, 5.41) is 0. The van der Waals surface area contributed by atoms with Gasteiger partial charge in [-0.2, -0.15) is 0 Å². The summed E-state index contributed by atoms with van der Waals surface area (Å²) >= 11 is 0. The maximum absolute atomic E-state index is 5.64. The molecule has 0 aliphatic carbocycles.